The lowest BCUT2D eigenvalue weighted by Gasteiger charge is -2.34. The molecule has 1 amide bonds. The number of hydrogen-bond donors (Lipinski definition) is 0. The van der Waals surface area contributed by atoms with Gasteiger partial charge in [-0.05, 0) is 25.5 Å². The average Bonchev–Trinajstić information content (AvgIpc) is 3.15. The predicted octanol–water partition coefficient (Wildman–Crippen LogP) is 1.98. The molecule has 28 heavy (non-hydrogen) atoms. The molecule has 0 spiro atoms. The van der Waals surface area contributed by atoms with E-state index in [2.05, 4.69) is 4.98 Å². The van der Waals surface area contributed by atoms with Crippen LogP contribution in [0, 0.1) is 0 Å². The van der Waals surface area contributed by atoms with Crippen LogP contribution < -0.4 is 0 Å². The van der Waals surface area contributed by atoms with Crippen molar-refractivity contribution in [3.63, 3.8) is 0 Å². The molecule has 0 saturated carbocycles. The SMILES string of the molecule is CCc1nc(CC(=O)N2CCN(S(=O)(=O)c3ccc(C(C)=O)cc3)CC2)cs1. The maximum absolute atomic E-state index is 12.8. The lowest BCUT2D eigenvalue weighted by atomic mass is 10.2. The van der Waals surface area contributed by atoms with Gasteiger partial charge in [0.25, 0.3) is 0 Å². The number of nitrogens with zero attached hydrogens (tertiary/aromatic N) is 3. The zero-order chi connectivity index (χ0) is 20.3. The topological polar surface area (TPSA) is 87.7 Å². The molecule has 2 heterocycles. The van der Waals surface area contributed by atoms with Gasteiger partial charge in [0.1, 0.15) is 0 Å². The highest BCUT2D eigenvalue weighted by molar-refractivity contribution is 7.89. The standard InChI is InChI=1S/C19H23N3O4S2/c1-3-18-20-16(13-27-18)12-19(24)21-8-10-22(11-9-21)28(25,26)17-6-4-15(5-7-17)14(2)23/h4-7,13H,3,8-12H2,1-2H3. The van der Waals surface area contributed by atoms with Crippen LogP contribution in [0.2, 0.25) is 0 Å². The first-order valence-corrected chi connectivity index (χ1v) is 11.5. The lowest BCUT2D eigenvalue weighted by molar-refractivity contribution is -0.131. The highest BCUT2D eigenvalue weighted by Gasteiger charge is 2.30. The fourth-order valence-electron chi connectivity index (χ4n) is 3.05. The monoisotopic (exact) mass is 421 g/mol. The summed E-state index contributed by atoms with van der Waals surface area (Å²) in [6, 6.07) is 5.95. The summed E-state index contributed by atoms with van der Waals surface area (Å²) in [5.41, 5.74) is 1.25. The van der Waals surface area contributed by atoms with Gasteiger partial charge in [-0.1, -0.05) is 19.1 Å². The third-order valence-electron chi connectivity index (χ3n) is 4.72. The van der Waals surface area contributed by atoms with E-state index in [1.807, 2.05) is 12.3 Å². The van der Waals surface area contributed by atoms with E-state index in [1.54, 1.807) is 16.2 Å². The number of carbonyl (C=O) groups excluding carboxylic acids is 2. The molecule has 1 aromatic carbocycles. The number of aromatic nitrogens is 1. The largest absolute Gasteiger partial charge is 0.340 e. The Balaban J connectivity index is 1.60. The Hall–Kier alpha value is -2.10. The molecule has 150 valence electrons. The first-order valence-electron chi connectivity index (χ1n) is 9.13. The van der Waals surface area contributed by atoms with Gasteiger partial charge in [0.2, 0.25) is 15.9 Å². The van der Waals surface area contributed by atoms with Gasteiger partial charge in [-0.15, -0.1) is 11.3 Å². The Kier molecular flexibility index (Phi) is 6.26. The molecule has 1 aliphatic heterocycles. The van der Waals surface area contributed by atoms with Crippen LogP contribution in [0.15, 0.2) is 34.5 Å². The number of amides is 1. The van der Waals surface area contributed by atoms with E-state index in [-0.39, 0.29) is 36.1 Å². The van der Waals surface area contributed by atoms with Crippen molar-refractivity contribution in [2.45, 2.75) is 31.6 Å². The number of aryl methyl sites for hydroxylation is 1. The number of Topliss-reactive ketones (excluding diaryl/α,β-unsaturated/α-hetero) is 1. The van der Waals surface area contributed by atoms with Crippen molar-refractivity contribution in [3.05, 3.63) is 45.9 Å². The highest BCUT2D eigenvalue weighted by atomic mass is 32.2. The Morgan fingerprint density at radius 2 is 1.75 bits per heavy atom. The third kappa shape index (κ3) is 4.48. The molecule has 7 nitrogen and oxygen atoms in total. The van der Waals surface area contributed by atoms with Crippen molar-refractivity contribution < 1.29 is 18.0 Å². The number of sulfonamides is 1. The van der Waals surface area contributed by atoms with Gasteiger partial charge in [0, 0.05) is 37.1 Å². The minimum Gasteiger partial charge on any atom is -0.340 e. The quantitative estimate of drug-likeness (QED) is 0.666. The molecule has 0 N–H and O–H groups in total. The second kappa shape index (κ2) is 8.50. The van der Waals surface area contributed by atoms with Gasteiger partial charge in [0.15, 0.2) is 5.78 Å². The van der Waals surface area contributed by atoms with Gasteiger partial charge in [-0.3, -0.25) is 9.59 Å². The molecule has 1 saturated heterocycles. The predicted molar refractivity (Wildman–Crippen MR) is 107 cm³/mol. The van der Waals surface area contributed by atoms with Crippen molar-refractivity contribution in [2.75, 3.05) is 26.2 Å². The molecule has 0 aliphatic carbocycles. The summed E-state index contributed by atoms with van der Waals surface area (Å²) in [4.78, 5) is 30.1. The minimum absolute atomic E-state index is 0.0317. The molecule has 0 unspecified atom stereocenters. The normalized spacial score (nSPS) is 15.6. The molecule has 0 bridgehead atoms. The first-order chi connectivity index (χ1) is 13.3. The van der Waals surface area contributed by atoms with Crippen molar-refractivity contribution in [2.24, 2.45) is 0 Å². The zero-order valence-electron chi connectivity index (χ0n) is 15.9. The number of piperazine rings is 1. The van der Waals surface area contributed by atoms with E-state index in [1.165, 1.54) is 35.5 Å². The van der Waals surface area contributed by atoms with Gasteiger partial charge in [-0.2, -0.15) is 4.31 Å². The number of ketones is 1. The van der Waals surface area contributed by atoms with E-state index in [9.17, 15) is 18.0 Å². The van der Waals surface area contributed by atoms with Crippen LogP contribution >= 0.6 is 11.3 Å². The molecule has 3 rings (SSSR count). The van der Waals surface area contributed by atoms with Gasteiger partial charge in [-0.25, -0.2) is 13.4 Å². The van der Waals surface area contributed by atoms with Crippen LogP contribution in [0.1, 0.15) is 34.9 Å². The number of thiazole rings is 1. The Morgan fingerprint density at radius 1 is 1.11 bits per heavy atom. The van der Waals surface area contributed by atoms with E-state index in [0.29, 0.717) is 18.7 Å². The van der Waals surface area contributed by atoms with Crippen LogP contribution in [0.25, 0.3) is 0 Å². The summed E-state index contributed by atoms with van der Waals surface area (Å²) in [6.07, 6.45) is 1.10. The summed E-state index contributed by atoms with van der Waals surface area (Å²) in [5.74, 6) is -0.141. The van der Waals surface area contributed by atoms with E-state index in [4.69, 9.17) is 0 Å². The second-order valence-corrected chi connectivity index (χ2v) is 9.51. The zero-order valence-corrected chi connectivity index (χ0v) is 17.6. The van der Waals surface area contributed by atoms with Gasteiger partial charge < -0.3 is 4.90 Å². The summed E-state index contributed by atoms with van der Waals surface area (Å²) in [6.45, 7) is 4.68. The van der Waals surface area contributed by atoms with E-state index >= 15 is 0 Å². The summed E-state index contributed by atoms with van der Waals surface area (Å²) in [7, 11) is -3.64. The molecule has 1 aromatic heterocycles. The Morgan fingerprint density at radius 3 is 2.29 bits per heavy atom. The van der Waals surface area contributed by atoms with Crippen LogP contribution in [-0.4, -0.2) is 60.5 Å². The smallest absolute Gasteiger partial charge is 0.243 e. The first kappa shape index (κ1) is 20.6. The summed E-state index contributed by atoms with van der Waals surface area (Å²) in [5, 5.41) is 2.91. The fourth-order valence-corrected chi connectivity index (χ4v) is 5.21. The Labute approximate surface area is 169 Å². The van der Waals surface area contributed by atoms with Crippen molar-refractivity contribution >= 4 is 33.1 Å². The number of rotatable bonds is 6. The second-order valence-electron chi connectivity index (χ2n) is 6.63. The molecule has 0 atom stereocenters. The van der Waals surface area contributed by atoms with Crippen molar-refractivity contribution in [3.8, 4) is 0 Å². The molecule has 1 fully saturated rings. The summed E-state index contributed by atoms with van der Waals surface area (Å²) >= 11 is 1.55. The maximum atomic E-state index is 12.8. The number of hydrogen-bond acceptors (Lipinski definition) is 6. The van der Waals surface area contributed by atoms with E-state index < -0.39 is 10.0 Å². The van der Waals surface area contributed by atoms with Crippen LogP contribution in [0.5, 0.6) is 0 Å². The van der Waals surface area contributed by atoms with Crippen LogP contribution in [0.4, 0.5) is 0 Å². The minimum atomic E-state index is -3.64. The molecule has 0 radical (unpaired) electrons. The van der Waals surface area contributed by atoms with Crippen molar-refractivity contribution in [1.82, 2.24) is 14.2 Å². The third-order valence-corrected chi connectivity index (χ3v) is 7.68. The molecule has 9 heteroatoms. The Bertz CT molecular complexity index is 959. The van der Waals surface area contributed by atoms with Gasteiger partial charge >= 0.3 is 0 Å². The lowest BCUT2D eigenvalue weighted by Crippen LogP contribution is -2.50. The molecular formula is C19H23N3O4S2. The maximum Gasteiger partial charge on any atom is 0.243 e. The summed E-state index contributed by atoms with van der Waals surface area (Å²) < 4.78 is 27.0. The number of benzene rings is 1. The van der Waals surface area contributed by atoms with Crippen LogP contribution in [0.3, 0.4) is 0 Å². The molecule has 1 aliphatic rings. The molecular weight excluding hydrogens is 398 g/mol. The van der Waals surface area contributed by atoms with Crippen molar-refractivity contribution in [1.29, 1.82) is 0 Å². The fraction of sp³-hybridized carbons (Fsp3) is 0.421. The number of carbonyl (C=O) groups is 2. The van der Waals surface area contributed by atoms with E-state index in [0.717, 1.165) is 17.1 Å². The van der Waals surface area contributed by atoms with Gasteiger partial charge in [0.05, 0.1) is 22.0 Å². The highest BCUT2D eigenvalue weighted by Crippen LogP contribution is 2.19. The van der Waals surface area contributed by atoms with Crippen LogP contribution in [-0.2, 0) is 27.7 Å². The molecule has 2 aromatic rings. The average molecular weight is 422 g/mol.